The summed E-state index contributed by atoms with van der Waals surface area (Å²) in [6, 6.07) is 8.20. The fourth-order valence-electron chi connectivity index (χ4n) is 2.48. The lowest BCUT2D eigenvalue weighted by atomic mass is 9.92. The van der Waals surface area contributed by atoms with Crippen LogP contribution in [0, 0.1) is 13.8 Å². The van der Waals surface area contributed by atoms with Crippen LogP contribution in [-0.4, -0.2) is 20.2 Å². The molecule has 2 aromatic heterocycles. The minimum Gasteiger partial charge on any atom is -0.285 e. The summed E-state index contributed by atoms with van der Waals surface area (Å²) in [7, 11) is 0. The van der Waals surface area contributed by atoms with Gasteiger partial charge < -0.3 is 0 Å². The van der Waals surface area contributed by atoms with Gasteiger partial charge in [0, 0.05) is 23.0 Å². The van der Waals surface area contributed by atoms with E-state index < -0.39 is 0 Å². The van der Waals surface area contributed by atoms with Crippen molar-refractivity contribution in [1.29, 1.82) is 0 Å². The third-order valence-electron chi connectivity index (χ3n) is 3.58. The number of nitrogens with zero attached hydrogens (tertiary/aromatic N) is 3. The summed E-state index contributed by atoms with van der Waals surface area (Å²) < 4.78 is 0. The number of aryl methyl sites for hydroxylation is 2. The second-order valence-corrected chi connectivity index (χ2v) is 4.96. The van der Waals surface area contributed by atoms with Crippen molar-refractivity contribution in [2.45, 2.75) is 13.8 Å². The maximum Gasteiger partial charge on any atom is 0.116 e. The molecule has 0 fully saturated rings. The molecule has 0 aliphatic carbocycles. The highest BCUT2D eigenvalue weighted by atomic mass is 15.1. The number of aromatic nitrogens is 4. The Hall–Kier alpha value is -2.75. The molecule has 1 N–H and O–H groups in total. The molecular formula is C17H16N4. The zero-order chi connectivity index (χ0) is 14.8. The van der Waals surface area contributed by atoms with Crippen molar-refractivity contribution >= 4 is 5.57 Å². The Balaban J connectivity index is 2.19. The first-order chi connectivity index (χ1) is 10.2. The van der Waals surface area contributed by atoms with E-state index in [0.29, 0.717) is 0 Å². The van der Waals surface area contributed by atoms with E-state index in [9.17, 15) is 0 Å². The van der Waals surface area contributed by atoms with E-state index in [1.165, 1.54) is 5.56 Å². The highest BCUT2D eigenvalue weighted by molar-refractivity contribution is 5.87. The molecular weight excluding hydrogens is 260 g/mol. The Morgan fingerprint density at radius 2 is 1.95 bits per heavy atom. The minimum absolute atomic E-state index is 0.851. The van der Waals surface area contributed by atoms with Crippen molar-refractivity contribution in [1.82, 2.24) is 20.2 Å². The summed E-state index contributed by atoms with van der Waals surface area (Å²) in [5, 5.41) is 6.83. The zero-order valence-electron chi connectivity index (χ0n) is 12.1. The summed E-state index contributed by atoms with van der Waals surface area (Å²) in [4.78, 5) is 8.75. The smallest absolute Gasteiger partial charge is 0.116 e. The number of rotatable bonds is 3. The monoisotopic (exact) mass is 276 g/mol. The molecule has 0 saturated carbocycles. The number of aromatic amines is 1. The van der Waals surface area contributed by atoms with Gasteiger partial charge in [0.05, 0.1) is 11.9 Å². The molecule has 0 radical (unpaired) electrons. The number of hydrogen-bond acceptors (Lipinski definition) is 3. The Morgan fingerprint density at radius 1 is 1.14 bits per heavy atom. The third kappa shape index (κ3) is 2.36. The van der Waals surface area contributed by atoms with E-state index in [-0.39, 0.29) is 0 Å². The highest BCUT2D eigenvalue weighted by Crippen LogP contribution is 2.32. The van der Waals surface area contributed by atoms with Crippen LogP contribution in [0.4, 0.5) is 0 Å². The maximum atomic E-state index is 4.43. The van der Waals surface area contributed by atoms with Crippen LogP contribution in [0.25, 0.3) is 16.8 Å². The van der Waals surface area contributed by atoms with Crippen molar-refractivity contribution in [3.63, 3.8) is 0 Å². The second-order valence-electron chi connectivity index (χ2n) is 4.96. The lowest BCUT2D eigenvalue weighted by Gasteiger charge is -2.14. The van der Waals surface area contributed by atoms with Crippen molar-refractivity contribution in [2.24, 2.45) is 0 Å². The average molecular weight is 276 g/mol. The topological polar surface area (TPSA) is 54.5 Å². The molecule has 0 amide bonds. The van der Waals surface area contributed by atoms with E-state index in [1.54, 1.807) is 12.5 Å². The third-order valence-corrected chi connectivity index (χ3v) is 3.58. The first-order valence-electron chi connectivity index (χ1n) is 6.74. The van der Waals surface area contributed by atoms with Crippen LogP contribution in [0.3, 0.4) is 0 Å². The van der Waals surface area contributed by atoms with Crippen LogP contribution in [0.15, 0.2) is 49.6 Å². The summed E-state index contributed by atoms with van der Waals surface area (Å²) >= 11 is 0. The molecule has 0 aliphatic rings. The first kappa shape index (κ1) is 13.2. The van der Waals surface area contributed by atoms with E-state index in [2.05, 4.69) is 45.8 Å². The van der Waals surface area contributed by atoms with Crippen LogP contribution in [0.5, 0.6) is 0 Å². The van der Waals surface area contributed by atoms with E-state index in [1.807, 2.05) is 25.3 Å². The summed E-state index contributed by atoms with van der Waals surface area (Å²) in [5.41, 5.74) is 6.89. The molecule has 0 atom stereocenters. The van der Waals surface area contributed by atoms with Crippen LogP contribution in [0.1, 0.15) is 22.4 Å². The van der Waals surface area contributed by atoms with Gasteiger partial charge in [-0.1, -0.05) is 30.8 Å². The number of nitrogens with one attached hydrogen (secondary N) is 1. The lowest BCUT2D eigenvalue weighted by molar-refractivity contribution is 1.09. The van der Waals surface area contributed by atoms with E-state index in [4.69, 9.17) is 0 Å². The molecule has 21 heavy (non-hydrogen) atoms. The fraction of sp³-hybridized carbons (Fsp3) is 0.118. The van der Waals surface area contributed by atoms with Gasteiger partial charge in [-0.3, -0.25) is 5.10 Å². The molecule has 1 aromatic carbocycles. The van der Waals surface area contributed by atoms with Gasteiger partial charge >= 0.3 is 0 Å². The SMILES string of the molecule is C=C(c1ccccc1C)c1c(C)ncnc1-c1cn[nH]c1. The number of benzene rings is 1. The van der Waals surface area contributed by atoms with Crippen molar-refractivity contribution in [3.05, 3.63) is 71.9 Å². The summed E-state index contributed by atoms with van der Waals surface area (Å²) in [6.45, 7) is 8.33. The second kappa shape index (κ2) is 5.32. The summed E-state index contributed by atoms with van der Waals surface area (Å²) in [6.07, 6.45) is 5.17. The predicted octanol–water partition coefficient (Wildman–Crippen LogP) is 3.55. The average Bonchev–Trinajstić information content (AvgIpc) is 3.01. The van der Waals surface area contributed by atoms with Gasteiger partial charge in [-0.2, -0.15) is 5.10 Å². The van der Waals surface area contributed by atoms with Gasteiger partial charge in [0.2, 0.25) is 0 Å². The predicted molar refractivity (Wildman–Crippen MR) is 83.7 cm³/mol. The Morgan fingerprint density at radius 3 is 2.67 bits per heavy atom. The van der Waals surface area contributed by atoms with Gasteiger partial charge in [-0.15, -0.1) is 0 Å². The minimum atomic E-state index is 0.851. The molecule has 3 rings (SSSR count). The van der Waals surface area contributed by atoms with Crippen molar-refractivity contribution in [3.8, 4) is 11.3 Å². The standard InChI is InChI=1S/C17H16N4/c1-11-6-4-5-7-15(11)12(2)16-13(3)18-10-19-17(16)14-8-20-21-9-14/h4-10H,2H2,1,3H3,(H,20,21). The van der Waals surface area contributed by atoms with Gasteiger partial charge in [-0.25, -0.2) is 9.97 Å². The molecule has 0 bridgehead atoms. The molecule has 104 valence electrons. The van der Waals surface area contributed by atoms with Gasteiger partial charge in [0.25, 0.3) is 0 Å². The molecule has 4 nitrogen and oxygen atoms in total. The molecule has 0 aliphatic heterocycles. The molecule has 0 unspecified atom stereocenters. The van der Waals surface area contributed by atoms with Crippen molar-refractivity contribution in [2.75, 3.05) is 0 Å². The molecule has 0 spiro atoms. The van der Waals surface area contributed by atoms with E-state index >= 15 is 0 Å². The zero-order valence-corrected chi connectivity index (χ0v) is 12.1. The highest BCUT2D eigenvalue weighted by Gasteiger charge is 2.16. The summed E-state index contributed by atoms with van der Waals surface area (Å²) in [5.74, 6) is 0. The van der Waals surface area contributed by atoms with Gasteiger partial charge in [-0.05, 0) is 30.5 Å². The largest absolute Gasteiger partial charge is 0.285 e. The molecule has 0 saturated heterocycles. The fourth-order valence-corrected chi connectivity index (χ4v) is 2.48. The van der Waals surface area contributed by atoms with Crippen LogP contribution in [0.2, 0.25) is 0 Å². The Kier molecular flexibility index (Phi) is 3.36. The normalized spacial score (nSPS) is 10.6. The van der Waals surface area contributed by atoms with Gasteiger partial charge in [0.15, 0.2) is 0 Å². The maximum absolute atomic E-state index is 4.43. The van der Waals surface area contributed by atoms with Crippen molar-refractivity contribution < 1.29 is 0 Å². The number of H-pyrrole nitrogens is 1. The quantitative estimate of drug-likeness (QED) is 0.796. The van der Waals surface area contributed by atoms with Crippen LogP contribution in [-0.2, 0) is 0 Å². The number of hydrogen-bond donors (Lipinski definition) is 1. The Labute approximate surface area is 123 Å². The van der Waals surface area contributed by atoms with Crippen LogP contribution < -0.4 is 0 Å². The van der Waals surface area contributed by atoms with E-state index in [0.717, 1.165) is 33.7 Å². The van der Waals surface area contributed by atoms with Gasteiger partial charge in [0.1, 0.15) is 6.33 Å². The first-order valence-corrected chi connectivity index (χ1v) is 6.74. The molecule has 3 aromatic rings. The lowest BCUT2D eigenvalue weighted by Crippen LogP contribution is -2.00. The molecule has 4 heteroatoms. The molecule has 2 heterocycles. The Bertz CT molecular complexity index is 788. The van der Waals surface area contributed by atoms with Crippen LogP contribution >= 0.6 is 0 Å².